The summed E-state index contributed by atoms with van der Waals surface area (Å²) >= 11 is 1.56. The predicted molar refractivity (Wildman–Crippen MR) is 67.3 cm³/mol. The molecule has 0 radical (unpaired) electrons. The van der Waals surface area contributed by atoms with Gasteiger partial charge in [-0.05, 0) is 19.1 Å². The molecule has 0 saturated heterocycles. The number of carbonyl (C=O) groups is 2. The summed E-state index contributed by atoms with van der Waals surface area (Å²) in [5, 5.41) is 15.1. The van der Waals surface area contributed by atoms with Crippen LogP contribution in [0.3, 0.4) is 0 Å². The lowest BCUT2D eigenvalue weighted by atomic mass is 10.2. The monoisotopic (exact) mass is 272 g/mol. The number of nitrogens with zero attached hydrogens (tertiary/aromatic N) is 1. The van der Waals surface area contributed by atoms with Gasteiger partial charge in [-0.25, -0.2) is 4.79 Å². The first-order valence-electron chi connectivity index (χ1n) is 5.49. The van der Waals surface area contributed by atoms with Crippen LogP contribution in [0.5, 0.6) is 0 Å². The van der Waals surface area contributed by atoms with Gasteiger partial charge in [0.05, 0.1) is 5.69 Å². The standard InChI is InChI=1S/C11H16N2O4S/c1-7-5-9(13-17-7)6-18-4-3-10(11(15)16)12-8(2)14/h5,10H,3-4,6H2,1-2H3,(H,12,14)(H,15,16). The third-order valence-electron chi connectivity index (χ3n) is 2.15. The molecule has 0 aliphatic rings. The molecule has 1 amide bonds. The first-order chi connectivity index (χ1) is 8.49. The van der Waals surface area contributed by atoms with Crippen molar-refractivity contribution in [1.82, 2.24) is 10.5 Å². The molecule has 7 heteroatoms. The molecule has 0 aliphatic heterocycles. The van der Waals surface area contributed by atoms with E-state index >= 15 is 0 Å². The minimum absolute atomic E-state index is 0.334. The van der Waals surface area contributed by atoms with Gasteiger partial charge in [-0.1, -0.05) is 5.16 Å². The van der Waals surface area contributed by atoms with Crippen molar-refractivity contribution in [2.75, 3.05) is 5.75 Å². The average molecular weight is 272 g/mol. The van der Waals surface area contributed by atoms with Gasteiger partial charge in [-0.15, -0.1) is 0 Å². The molecule has 18 heavy (non-hydrogen) atoms. The summed E-state index contributed by atoms with van der Waals surface area (Å²) in [4.78, 5) is 21.7. The highest BCUT2D eigenvalue weighted by Crippen LogP contribution is 2.13. The number of rotatable bonds is 7. The number of hydrogen-bond donors (Lipinski definition) is 2. The van der Waals surface area contributed by atoms with Gasteiger partial charge >= 0.3 is 5.97 Å². The highest BCUT2D eigenvalue weighted by Gasteiger charge is 2.17. The van der Waals surface area contributed by atoms with Crippen LogP contribution in [0, 0.1) is 6.92 Å². The molecule has 6 nitrogen and oxygen atoms in total. The van der Waals surface area contributed by atoms with Crippen molar-refractivity contribution in [1.29, 1.82) is 0 Å². The molecular weight excluding hydrogens is 256 g/mol. The van der Waals surface area contributed by atoms with Crippen LogP contribution < -0.4 is 5.32 Å². The van der Waals surface area contributed by atoms with Crippen LogP contribution in [0.2, 0.25) is 0 Å². The van der Waals surface area contributed by atoms with Gasteiger partial charge in [0.15, 0.2) is 0 Å². The van der Waals surface area contributed by atoms with Gasteiger partial charge in [0.25, 0.3) is 0 Å². The van der Waals surface area contributed by atoms with Gasteiger partial charge in [0.1, 0.15) is 11.8 Å². The number of carboxylic acids is 1. The van der Waals surface area contributed by atoms with E-state index in [1.165, 1.54) is 6.92 Å². The zero-order chi connectivity index (χ0) is 13.5. The van der Waals surface area contributed by atoms with Gasteiger partial charge in [0.2, 0.25) is 5.91 Å². The second kappa shape index (κ2) is 7.05. The second-order valence-corrected chi connectivity index (χ2v) is 4.97. The molecule has 0 saturated carbocycles. The summed E-state index contributed by atoms with van der Waals surface area (Å²) < 4.78 is 4.92. The van der Waals surface area contributed by atoms with Crippen molar-refractivity contribution in [3.05, 3.63) is 17.5 Å². The quantitative estimate of drug-likeness (QED) is 0.724. The van der Waals surface area contributed by atoms with Crippen molar-refractivity contribution < 1.29 is 19.2 Å². The Labute approximate surface area is 109 Å². The Kier molecular flexibility index (Phi) is 5.70. The molecule has 1 heterocycles. The number of aryl methyl sites for hydroxylation is 1. The normalized spacial score (nSPS) is 12.1. The van der Waals surface area contributed by atoms with E-state index in [9.17, 15) is 9.59 Å². The summed E-state index contributed by atoms with van der Waals surface area (Å²) in [6, 6.07) is 1.02. The molecule has 0 spiro atoms. The van der Waals surface area contributed by atoms with Crippen LogP contribution in [0.25, 0.3) is 0 Å². The fourth-order valence-corrected chi connectivity index (χ4v) is 2.26. The Bertz CT molecular complexity index is 419. The van der Waals surface area contributed by atoms with E-state index in [1.807, 2.05) is 13.0 Å². The Morgan fingerprint density at radius 2 is 2.33 bits per heavy atom. The third kappa shape index (κ3) is 5.22. The van der Waals surface area contributed by atoms with Crippen molar-refractivity contribution in [3.8, 4) is 0 Å². The molecule has 2 N–H and O–H groups in total. The van der Waals surface area contributed by atoms with E-state index in [0.29, 0.717) is 17.9 Å². The van der Waals surface area contributed by atoms with E-state index < -0.39 is 12.0 Å². The highest BCUT2D eigenvalue weighted by atomic mass is 32.2. The number of carboxylic acid groups (broad SMARTS) is 1. The summed E-state index contributed by atoms with van der Waals surface area (Å²) in [7, 11) is 0. The molecule has 0 aliphatic carbocycles. The number of nitrogens with one attached hydrogen (secondary N) is 1. The highest BCUT2D eigenvalue weighted by molar-refractivity contribution is 7.98. The predicted octanol–water partition coefficient (Wildman–Crippen LogP) is 1.20. The summed E-state index contributed by atoms with van der Waals surface area (Å²) in [6.07, 6.45) is 0.385. The maximum absolute atomic E-state index is 10.9. The first-order valence-corrected chi connectivity index (χ1v) is 6.64. The Balaban J connectivity index is 2.26. The number of hydrogen-bond acceptors (Lipinski definition) is 5. The van der Waals surface area contributed by atoms with Crippen molar-refractivity contribution in [3.63, 3.8) is 0 Å². The van der Waals surface area contributed by atoms with Crippen LogP contribution in [-0.4, -0.2) is 33.9 Å². The average Bonchev–Trinajstić information content (AvgIpc) is 2.68. The molecule has 1 rings (SSSR count). The van der Waals surface area contributed by atoms with E-state index in [1.54, 1.807) is 11.8 Å². The molecular formula is C11H16N2O4S. The lowest BCUT2D eigenvalue weighted by molar-refractivity contribution is -0.141. The van der Waals surface area contributed by atoms with Crippen LogP contribution in [0.4, 0.5) is 0 Å². The maximum atomic E-state index is 10.9. The molecule has 1 unspecified atom stereocenters. The maximum Gasteiger partial charge on any atom is 0.326 e. The molecule has 0 aromatic carbocycles. The Morgan fingerprint density at radius 1 is 1.61 bits per heavy atom. The molecule has 100 valence electrons. The number of thioether (sulfide) groups is 1. The van der Waals surface area contributed by atoms with E-state index in [-0.39, 0.29) is 5.91 Å². The van der Waals surface area contributed by atoms with Gasteiger partial charge in [-0.2, -0.15) is 11.8 Å². The lowest BCUT2D eigenvalue weighted by Crippen LogP contribution is -2.39. The van der Waals surface area contributed by atoms with Crippen molar-refractivity contribution in [2.45, 2.75) is 32.1 Å². The number of carbonyl (C=O) groups excluding carboxylic acids is 1. The van der Waals surface area contributed by atoms with E-state index in [2.05, 4.69) is 10.5 Å². The van der Waals surface area contributed by atoms with Gasteiger partial charge in [-0.3, -0.25) is 4.79 Å². The summed E-state index contributed by atoms with van der Waals surface area (Å²) in [5.41, 5.74) is 0.837. The number of aromatic nitrogens is 1. The van der Waals surface area contributed by atoms with Crippen molar-refractivity contribution >= 4 is 23.6 Å². The van der Waals surface area contributed by atoms with E-state index in [0.717, 1.165) is 11.5 Å². The second-order valence-electron chi connectivity index (χ2n) is 3.86. The Hall–Kier alpha value is -1.50. The molecule has 1 aromatic rings. The van der Waals surface area contributed by atoms with Gasteiger partial charge in [0, 0.05) is 18.7 Å². The fourth-order valence-electron chi connectivity index (χ4n) is 1.37. The summed E-state index contributed by atoms with van der Waals surface area (Å²) in [6.45, 7) is 3.12. The van der Waals surface area contributed by atoms with Crippen LogP contribution >= 0.6 is 11.8 Å². The zero-order valence-corrected chi connectivity index (χ0v) is 11.1. The lowest BCUT2D eigenvalue weighted by Gasteiger charge is -2.12. The fraction of sp³-hybridized carbons (Fsp3) is 0.545. The largest absolute Gasteiger partial charge is 0.480 e. The van der Waals surface area contributed by atoms with Gasteiger partial charge < -0.3 is 14.9 Å². The molecule has 0 bridgehead atoms. The van der Waals surface area contributed by atoms with E-state index in [4.69, 9.17) is 9.63 Å². The number of amides is 1. The SMILES string of the molecule is CC(=O)NC(CCSCc1cc(C)on1)C(=O)O. The zero-order valence-electron chi connectivity index (χ0n) is 10.3. The number of aliphatic carboxylic acids is 1. The molecule has 0 fully saturated rings. The summed E-state index contributed by atoms with van der Waals surface area (Å²) in [5.74, 6) is 0.710. The first kappa shape index (κ1) is 14.6. The Morgan fingerprint density at radius 3 is 2.83 bits per heavy atom. The minimum Gasteiger partial charge on any atom is -0.480 e. The molecule has 1 aromatic heterocycles. The van der Waals surface area contributed by atoms with Crippen LogP contribution in [0.1, 0.15) is 24.8 Å². The molecule has 1 atom stereocenters. The smallest absolute Gasteiger partial charge is 0.326 e. The van der Waals surface area contributed by atoms with Crippen LogP contribution in [0.15, 0.2) is 10.6 Å². The van der Waals surface area contributed by atoms with Crippen molar-refractivity contribution in [2.24, 2.45) is 0 Å². The van der Waals surface area contributed by atoms with Crippen LogP contribution in [-0.2, 0) is 15.3 Å². The minimum atomic E-state index is -1.01. The third-order valence-corrected chi connectivity index (χ3v) is 3.18. The topological polar surface area (TPSA) is 92.4 Å².